The Morgan fingerprint density at radius 3 is 2.40 bits per heavy atom. The summed E-state index contributed by atoms with van der Waals surface area (Å²) in [6.45, 7) is 4.09. The van der Waals surface area contributed by atoms with Gasteiger partial charge in [-0.05, 0) is 12.3 Å². The molecule has 0 heterocycles. The van der Waals surface area contributed by atoms with Crippen LogP contribution in [0.25, 0.3) is 0 Å². The Morgan fingerprint density at radius 1 is 1.40 bits per heavy atom. The van der Waals surface area contributed by atoms with Crippen LogP contribution in [-0.2, 0) is 14.8 Å². The number of ether oxygens (including phenoxy) is 1. The summed E-state index contributed by atoms with van der Waals surface area (Å²) in [7, 11) is -1.67. The van der Waals surface area contributed by atoms with Crippen LogP contribution >= 0.6 is 11.6 Å². The lowest BCUT2D eigenvalue weighted by atomic mass is 10.3. The number of sulfonamides is 1. The molecule has 0 radical (unpaired) electrons. The second-order valence-electron chi connectivity index (χ2n) is 3.92. The highest BCUT2D eigenvalue weighted by Crippen LogP contribution is 2.02. The Hall–Kier alpha value is 0.160. The molecule has 92 valence electrons. The molecule has 0 aromatic rings. The highest BCUT2D eigenvalue weighted by atomic mass is 35.5. The molecule has 0 aromatic carbocycles. The minimum Gasteiger partial charge on any atom is -0.383 e. The van der Waals surface area contributed by atoms with Gasteiger partial charge >= 0.3 is 0 Å². The number of hydrogen-bond acceptors (Lipinski definition) is 3. The monoisotopic (exact) mass is 257 g/mol. The predicted octanol–water partition coefficient (Wildman–Crippen LogP) is 1.21. The third-order valence-corrected chi connectivity index (χ3v) is 3.74. The van der Waals surface area contributed by atoms with Crippen molar-refractivity contribution in [1.29, 1.82) is 0 Å². The average molecular weight is 258 g/mol. The van der Waals surface area contributed by atoms with Crippen molar-refractivity contribution < 1.29 is 13.2 Å². The van der Waals surface area contributed by atoms with E-state index in [1.807, 2.05) is 13.8 Å². The maximum absolute atomic E-state index is 11.6. The molecule has 0 saturated heterocycles. The van der Waals surface area contributed by atoms with Crippen molar-refractivity contribution in [2.45, 2.75) is 26.3 Å². The molecule has 0 bridgehead atoms. The lowest BCUT2D eigenvalue weighted by Crippen LogP contribution is -2.40. The topological polar surface area (TPSA) is 55.4 Å². The smallest absolute Gasteiger partial charge is 0.212 e. The fraction of sp³-hybridized carbons (Fsp3) is 1.00. The molecule has 15 heavy (non-hydrogen) atoms. The number of halogens is 1. The first-order valence-corrected chi connectivity index (χ1v) is 7.15. The summed E-state index contributed by atoms with van der Waals surface area (Å²) < 4.78 is 30.7. The van der Waals surface area contributed by atoms with Crippen LogP contribution in [0.1, 0.15) is 20.3 Å². The van der Waals surface area contributed by atoms with Crippen molar-refractivity contribution in [3.05, 3.63) is 0 Å². The van der Waals surface area contributed by atoms with E-state index in [1.54, 1.807) is 0 Å². The second kappa shape index (κ2) is 7.44. The Labute approximate surface area is 97.4 Å². The van der Waals surface area contributed by atoms with Crippen LogP contribution in [0.15, 0.2) is 0 Å². The van der Waals surface area contributed by atoms with Gasteiger partial charge in [-0.3, -0.25) is 0 Å². The third-order valence-electron chi connectivity index (χ3n) is 1.72. The molecule has 0 spiro atoms. The van der Waals surface area contributed by atoms with Gasteiger partial charge < -0.3 is 4.74 Å². The first kappa shape index (κ1) is 15.2. The Balaban J connectivity index is 4.24. The molecule has 0 rings (SSSR count). The van der Waals surface area contributed by atoms with E-state index in [4.69, 9.17) is 16.3 Å². The summed E-state index contributed by atoms with van der Waals surface area (Å²) in [4.78, 5) is 0. The van der Waals surface area contributed by atoms with E-state index in [9.17, 15) is 8.42 Å². The van der Waals surface area contributed by atoms with E-state index >= 15 is 0 Å². The van der Waals surface area contributed by atoms with Gasteiger partial charge in [0.15, 0.2) is 0 Å². The van der Waals surface area contributed by atoms with E-state index in [-0.39, 0.29) is 17.7 Å². The first-order valence-electron chi connectivity index (χ1n) is 4.96. The minimum absolute atomic E-state index is 0.113. The highest BCUT2D eigenvalue weighted by molar-refractivity contribution is 7.89. The summed E-state index contributed by atoms with van der Waals surface area (Å²) >= 11 is 5.58. The number of alkyl halides is 1. The second-order valence-corrected chi connectivity index (χ2v) is 6.10. The molecule has 4 nitrogen and oxygen atoms in total. The van der Waals surface area contributed by atoms with Gasteiger partial charge in [-0.2, -0.15) is 0 Å². The van der Waals surface area contributed by atoms with Crippen molar-refractivity contribution in [3.63, 3.8) is 0 Å². The highest BCUT2D eigenvalue weighted by Gasteiger charge is 2.18. The van der Waals surface area contributed by atoms with Crippen molar-refractivity contribution in [2.24, 2.45) is 5.92 Å². The quantitative estimate of drug-likeness (QED) is 0.665. The van der Waals surface area contributed by atoms with Crippen LogP contribution < -0.4 is 4.72 Å². The molecular weight excluding hydrogens is 238 g/mol. The number of nitrogens with one attached hydrogen (secondary N) is 1. The molecule has 0 aliphatic rings. The number of rotatable bonds is 8. The van der Waals surface area contributed by atoms with E-state index in [1.165, 1.54) is 7.11 Å². The van der Waals surface area contributed by atoms with Crippen LogP contribution in [0.5, 0.6) is 0 Å². The lowest BCUT2D eigenvalue weighted by molar-refractivity contribution is 0.173. The van der Waals surface area contributed by atoms with Crippen LogP contribution in [-0.4, -0.2) is 39.8 Å². The standard InChI is InChI=1S/C9H20ClNO3S/c1-8(2)7-15(12,13)11-9(4-5-10)6-14-3/h8-9,11H,4-7H2,1-3H3. The minimum atomic E-state index is -3.21. The van der Waals surface area contributed by atoms with Crippen molar-refractivity contribution in [1.82, 2.24) is 4.72 Å². The molecule has 6 heteroatoms. The zero-order valence-corrected chi connectivity index (χ0v) is 11.1. The molecular formula is C9H20ClNO3S. The van der Waals surface area contributed by atoms with Gasteiger partial charge in [-0.25, -0.2) is 13.1 Å². The largest absolute Gasteiger partial charge is 0.383 e. The molecule has 0 aliphatic heterocycles. The predicted molar refractivity (Wildman–Crippen MR) is 62.8 cm³/mol. The fourth-order valence-electron chi connectivity index (χ4n) is 1.25. The van der Waals surface area contributed by atoms with E-state index in [0.29, 0.717) is 18.9 Å². The molecule has 0 fully saturated rings. The van der Waals surface area contributed by atoms with Gasteiger partial charge in [0.25, 0.3) is 0 Å². The summed E-state index contributed by atoms with van der Waals surface area (Å²) in [5, 5.41) is 0. The van der Waals surface area contributed by atoms with Gasteiger partial charge in [0.2, 0.25) is 10.0 Å². The van der Waals surface area contributed by atoms with Gasteiger partial charge in [-0.1, -0.05) is 13.8 Å². The zero-order chi connectivity index (χ0) is 11.9. The first-order chi connectivity index (χ1) is 6.91. The Bertz CT molecular complexity index is 248. The summed E-state index contributed by atoms with van der Waals surface area (Å²) in [6.07, 6.45) is 0.576. The summed E-state index contributed by atoms with van der Waals surface area (Å²) in [6, 6.07) is -0.226. The summed E-state index contributed by atoms with van der Waals surface area (Å²) in [5.41, 5.74) is 0. The van der Waals surface area contributed by atoms with Crippen molar-refractivity contribution >= 4 is 21.6 Å². The normalized spacial score (nSPS) is 14.5. The fourth-order valence-corrected chi connectivity index (χ4v) is 3.18. The number of hydrogen-bond donors (Lipinski definition) is 1. The molecule has 1 atom stereocenters. The molecule has 1 unspecified atom stereocenters. The van der Waals surface area contributed by atoms with Gasteiger partial charge in [0, 0.05) is 19.0 Å². The maximum atomic E-state index is 11.6. The van der Waals surface area contributed by atoms with E-state index in [2.05, 4.69) is 4.72 Å². The molecule has 1 N–H and O–H groups in total. The van der Waals surface area contributed by atoms with Gasteiger partial charge in [-0.15, -0.1) is 11.6 Å². The van der Waals surface area contributed by atoms with Crippen LogP contribution in [0.2, 0.25) is 0 Å². The number of methoxy groups -OCH3 is 1. The molecule has 0 saturated carbocycles. The van der Waals surface area contributed by atoms with Crippen molar-refractivity contribution in [2.75, 3.05) is 25.3 Å². The average Bonchev–Trinajstić information content (AvgIpc) is 2.01. The third kappa shape index (κ3) is 8.02. The van der Waals surface area contributed by atoms with Crippen LogP contribution in [0.4, 0.5) is 0 Å². The van der Waals surface area contributed by atoms with E-state index in [0.717, 1.165) is 0 Å². The maximum Gasteiger partial charge on any atom is 0.212 e. The van der Waals surface area contributed by atoms with Crippen LogP contribution in [0, 0.1) is 5.92 Å². The van der Waals surface area contributed by atoms with Gasteiger partial charge in [0.1, 0.15) is 0 Å². The molecule has 0 amide bonds. The van der Waals surface area contributed by atoms with Crippen LogP contribution in [0.3, 0.4) is 0 Å². The molecule has 0 aromatic heterocycles. The Morgan fingerprint density at radius 2 is 2.00 bits per heavy atom. The SMILES string of the molecule is COCC(CCCl)NS(=O)(=O)CC(C)C. The van der Waals surface area contributed by atoms with Gasteiger partial charge in [0.05, 0.1) is 12.4 Å². The van der Waals surface area contributed by atoms with E-state index < -0.39 is 10.0 Å². The molecule has 0 aliphatic carbocycles. The lowest BCUT2D eigenvalue weighted by Gasteiger charge is -2.17. The Kier molecular flexibility index (Phi) is 7.52. The van der Waals surface area contributed by atoms with Crippen molar-refractivity contribution in [3.8, 4) is 0 Å². The summed E-state index contributed by atoms with van der Waals surface area (Å²) in [5.74, 6) is 0.662. The zero-order valence-electron chi connectivity index (χ0n) is 9.49.